The topological polar surface area (TPSA) is 54.0 Å². The van der Waals surface area contributed by atoms with Crippen molar-refractivity contribution >= 4 is 16.3 Å². The zero-order chi connectivity index (χ0) is 12.5. The Labute approximate surface area is 108 Å². The van der Waals surface area contributed by atoms with Crippen LogP contribution in [0.1, 0.15) is 11.4 Å². The molecule has 0 aromatic carbocycles. The summed E-state index contributed by atoms with van der Waals surface area (Å²) in [6.45, 7) is 1.94. The number of hydrogen-bond acceptors (Lipinski definition) is 4. The van der Waals surface area contributed by atoms with E-state index < -0.39 is 0 Å². The lowest BCUT2D eigenvalue weighted by Gasteiger charge is -2.02. The smallest absolute Gasteiger partial charge is 0.194 e. The number of rotatable bonds is 2. The Hall–Kier alpha value is -2.19. The van der Waals surface area contributed by atoms with E-state index in [2.05, 4.69) is 25.8 Å². The lowest BCUT2D eigenvalue weighted by atomic mass is 10.2. The SMILES string of the molecule is Cc1nc2scc(-c3cccnc3)n2c1CC#N. The average Bonchev–Trinajstić information content (AvgIpc) is 2.92. The van der Waals surface area contributed by atoms with Gasteiger partial charge < -0.3 is 0 Å². The van der Waals surface area contributed by atoms with Crippen molar-refractivity contribution in [3.8, 4) is 17.3 Å². The minimum atomic E-state index is 0.372. The Morgan fingerprint density at radius 1 is 1.50 bits per heavy atom. The first-order valence-corrected chi connectivity index (χ1v) is 6.42. The van der Waals surface area contributed by atoms with Gasteiger partial charge in [0.15, 0.2) is 4.96 Å². The van der Waals surface area contributed by atoms with Gasteiger partial charge in [0.25, 0.3) is 0 Å². The quantitative estimate of drug-likeness (QED) is 0.706. The zero-order valence-electron chi connectivity index (χ0n) is 9.79. The summed E-state index contributed by atoms with van der Waals surface area (Å²) in [5.41, 5.74) is 3.98. The molecule has 0 N–H and O–H groups in total. The summed E-state index contributed by atoms with van der Waals surface area (Å²) in [6.07, 6.45) is 3.95. The van der Waals surface area contributed by atoms with Gasteiger partial charge in [-0.05, 0) is 19.1 Å². The monoisotopic (exact) mass is 254 g/mol. The van der Waals surface area contributed by atoms with E-state index >= 15 is 0 Å². The van der Waals surface area contributed by atoms with Crippen molar-refractivity contribution in [3.05, 3.63) is 41.3 Å². The predicted octanol–water partition coefficient (Wildman–Crippen LogP) is 2.83. The molecule has 0 aliphatic rings. The van der Waals surface area contributed by atoms with Gasteiger partial charge in [-0.2, -0.15) is 5.26 Å². The van der Waals surface area contributed by atoms with Crippen LogP contribution in [-0.2, 0) is 6.42 Å². The number of fused-ring (bicyclic) bond motifs is 1. The van der Waals surface area contributed by atoms with Crippen molar-refractivity contribution in [3.63, 3.8) is 0 Å². The Balaban J connectivity index is 2.28. The van der Waals surface area contributed by atoms with Gasteiger partial charge in [0, 0.05) is 23.3 Å². The third-order valence-electron chi connectivity index (χ3n) is 2.86. The number of imidazole rings is 1. The van der Waals surface area contributed by atoms with Crippen LogP contribution in [0.5, 0.6) is 0 Å². The van der Waals surface area contributed by atoms with Gasteiger partial charge in [-0.3, -0.25) is 9.38 Å². The summed E-state index contributed by atoms with van der Waals surface area (Å²) in [7, 11) is 0. The summed E-state index contributed by atoms with van der Waals surface area (Å²) in [5.74, 6) is 0. The maximum absolute atomic E-state index is 8.92. The number of nitrogens with zero attached hydrogens (tertiary/aromatic N) is 4. The van der Waals surface area contributed by atoms with Gasteiger partial charge in [-0.15, -0.1) is 11.3 Å². The molecule has 0 amide bonds. The van der Waals surface area contributed by atoms with E-state index in [4.69, 9.17) is 5.26 Å². The Morgan fingerprint density at radius 2 is 2.39 bits per heavy atom. The molecule has 4 nitrogen and oxygen atoms in total. The number of pyridine rings is 1. The van der Waals surface area contributed by atoms with Crippen molar-refractivity contribution in [2.24, 2.45) is 0 Å². The molecule has 3 heterocycles. The van der Waals surface area contributed by atoms with Gasteiger partial charge in [0.1, 0.15) is 0 Å². The van der Waals surface area contributed by atoms with Crippen LogP contribution < -0.4 is 0 Å². The molecule has 3 aromatic rings. The molecule has 0 saturated carbocycles. The van der Waals surface area contributed by atoms with E-state index in [0.29, 0.717) is 6.42 Å². The molecule has 0 bridgehead atoms. The van der Waals surface area contributed by atoms with Crippen molar-refractivity contribution in [2.75, 3.05) is 0 Å². The van der Waals surface area contributed by atoms with Crippen LogP contribution >= 0.6 is 11.3 Å². The molecule has 0 spiro atoms. The van der Waals surface area contributed by atoms with E-state index in [1.165, 1.54) is 0 Å². The Bertz CT molecular complexity index is 734. The number of nitriles is 1. The number of aromatic nitrogens is 3. The molecule has 5 heteroatoms. The third kappa shape index (κ3) is 1.59. The summed E-state index contributed by atoms with van der Waals surface area (Å²) in [6, 6.07) is 6.12. The number of thiazole rings is 1. The van der Waals surface area contributed by atoms with Crippen molar-refractivity contribution in [1.82, 2.24) is 14.4 Å². The van der Waals surface area contributed by atoms with E-state index in [1.54, 1.807) is 17.5 Å². The van der Waals surface area contributed by atoms with Crippen LogP contribution in [0.4, 0.5) is 0 Å². The van der Waals surface area contributed by atoms with Crippen molar-refractivity contribution < 1.29 is 0 Å². The van der Waals surface area contributed by atoms with Crippen molar-refractivity contribution in [2.45, 2.75) is 13.3 Å². The fourth-order valence-corrected chi connectivity index (χ4v) is 2.98. The minimum Gasteiger partial charge on any atom is -0.286 e. The maximum atomic E-state index is 8.92. The second kappa shape index (κ2) is 4.24. The molecule has 3 rings (SSSR count). The van der Waals surface area contributed by atoms with E-state index in [-0.39, 0.29) is 0 Å². The Morgan fingerprint density at radius 3 is 3.11 bits per heavy atom. The molecule has 0 atom stereocenters. The lowest BCUT2D eigenvalue weighted by molar-refractivity contribution is 1.05. The predicted molar refractivity (Wildman–Crippen MR) is 70.4 cm³/mol. The normalized spacial score (nSPS) is 10.7. The fourth-order valence-electron chi connectivity index (χ4n) is 2.02. The van der Waals surface area contributed by atoms with Crippen LogP contribution in [0.3, 0.4) is 0 Å². The van der Waals surface area contributed by atoms with Crippen LogP contribution in [0.15, 0.2) is 29.9 Å². The molecule has 88 valence electrons. The lowest BCUT2D eigenvalue weighted by Crippen LogP contribution is -1.94. The van der Waals surface area contributed by atoms with Crippen LogP contribution in [-0.4, -0.2) is 14.4 Å². The summed E-state index contributed by atoms with van der Waals surface area (Å²) < 4.78 is 2.06. The minimum absolute atomic E-state index is 0.372. The second-order valence-corrected chi connectivity index (χ2v) is 4.80. The Kier molecular flexibility index (Phi) is 2.58. The van der Waals surface area contributed by atoms with Crippen LogP contribution in [0.2, 0.25) is 0 Å². The highest BCUT2D eigenvalue weighted by Gasteiger charge is 2.14. The first kappa shape index (κ1) is 10.9. The van der Waals surface area contributed by atoms with Crippen LogP contribution in [0.25, 0.3) is 16.2 Å². The molecule has 0 aliphatic carbocycles. The molecule has 0 radical (unpaired) electrons. The van der Waals surface area contributed by atoms with Gasteiger partial charge in [-0.1, -0.05) is 0 Å². The van der Waals surface area contributed by atoms with Gasteiger partial charge in [0.2, 0.25) is 0 Å². The van der Waals surface area contributed by atoms with Crippen LogP contribution in [0, 0.1) is 18.3 Å². The van der Waals surface area contributed by atoms with Gasteiger partial charge in [-0.25, -0.2) is 4.98 Å². The molecule has 0 aliphatic heterocycles. The van der Waals surface area contributed by atoms with E-state index in [9.17, 15) is 0 Å². The number of hydrogen-bond donors (Lipinski definition) is 0. The summed E-state index contributed by atoms with van der Waals surface area (Å²) in [4.78, 5) is 9.55. The van der Waals surface area contributed by atoms with E-state index in [1.807, 2.05) is 25.3 Å². The first-order valence-electron chi connectivity index (χ1n) is 5.54. The highest BCUT2D eigenvalue weighted by molar-refractivity contribution is 7.15. The second-order valence-electron chi connectivity index (χ2n) is 3.96. The zero-order valence-corrected chi connectivity index (χ0v) is 10.6. The summed E-state index contributed by atoms with van der Waals surface area (Å²) in [5, 5.41) is 11.0. The largest absolute Gasteiger partial charge is 0.286 e. The standard InChI is InChI=1S/C13H10N4S/c1-9-11(4-5-14)17-12(8-18-13(17)16-9)10-3-2-6-15-7-10/h2-3,6-8H,4H2,1H3. The maximum Gasteiger partial charge on any atom is 0.194 e. The average molecular weight is 254 g/mol. The van der Waals surface area contributed by atoms with Gasteiger partial charge in [0.05, 0.1) is 29.6 Å². The highest BCUT2D eigenvalue weighted by Crippen LogP contribution is 2.28. The first-order chi connectivity index (χ1) is 8.81. The highest BCUT2D eigenvalue weighted by atomic mass is 32.1. The molecule has 0 unspecified atom stereocenters. The number of aryl methyl sites for hydroxylation is 1. The molecular weight excluding hydrogens is 244 g/mol. The summed E-state index contributed by atoms with van der Waals surface area (Å²) >= 11 is 1.58. The molecule has 18 heavy (non-hydrogen) atoms. The third-order valence-corrected chi connectivity index (χ3v) is 3.69. The molecule has 0 saturated heterocycles. The molecule has 3 aromatic heterocycles. The van der Waals surface area contributed by atoms with Gasteiger partial charge >= 0.3 is 0 Å². The fraction of sp³-hybridized carbons (Fsp3) is 0.154. The molecule has 0 fully saturated rings. The van der Waals surface area contributed by atoms with E-state index in [0.717, 1.165) is 27.6 Å². The molecular formula is C13H10N4S. The van der Waals surface area contributed by atoms with Crippen molar-refractivity contribution in [1.29, 1.82) is 5.26 Å².